The first-order valence-electron chi connectivity index (χ1n) is 4.05. The molecule has 1 radical (unpaired) electrons. The third-order valence-electron chi connectivity index (χ3n) is 2.39. The highest BCUT2D eigenvalue weighted by Crippen LogP contribution is 2.47. The number of benzene rings is 1. The summed E-state index contributed by atoms with van der Waals surface area (Å²) in [5, 5.41) is 0.637. The fourth-order valence-electron chi connectivity index (χ4n) is 1.45. The molecular formula is C10H9ClNO. The van der Waals surface area contributed by atoms with Gasteiger partial charge < -0.3 is 5.73 Å². The van der Waals surface area contributed by atoms with E-state index in [4.69, 9.17) is 17.3 Å². The second kappa shape index (κ2) is 2.74. The first-order chi connectivity index (χ1) is 6.15. The zero-order valence-corrected chi connectivity index (χ0v) is 7.71. The number of hydrogen-bond acceptors (Lipinski definition) is 1. The molecule has 0 saturated heterocycles. The number of carbonyl (C=O) groups excluding carboxylic acids is 1. The van der Waals surface area contributed by atoms with Gasteiger partial charge in [-0.25, -0.2) is 0 Å². The smallest absolute Gasteiger partial charge is 0.228 e. The van der Waals surface area contributed by atoms with E-state index in [0.29, 0.717) is 5.02 Å². The lowest BCUT2D eigenvalue weighted by Gasteiger charge is -2.10. The molecule has 0 spiro atoms. The Morgan fingerprint density at radius 2 is 2.23 bits per heavy atom. The third kappa shape index (κ3) is 1.31. The van der Waals surface area contributed by atoms with Crippen LogP contribution in [0, 0.1) is 6.42 Å². The maximum absolute atomic E-state index is 11.1. The van der Waals surface area contributed by atoms with E-state index in [9.17, 15) is 4.79 Å². The first-order valence-corrected chi connectivity index (χ1v) is 4.43. The molecule has 3 heteroatoms. The van der Waals surface area contributed by atoms with E-state index in [0.717, 1.165) is 12.0 Å². The van der Waals surface area contributed by atoms with Gasteiger partial charge in [0.2, 0.25) is 5.91 Å². The Hall–Kier alpha value is -1.02. The number of primary amides is 1. The second-order valence-electron chi connectivity index (χ2n) is 3.25. The zero-order valence-electron chi connectivity index (χ0n) is 6.96. The van der Waals surface area contributed by atoms with Crippen molar-refractivity contribution >= 4 is 17.5 Å². The van der Waals surface area contributed by atoms with Crippen LogP contribution in [0.4, 0.5) is 0 Å². The van der Waals surface area contributed by atoms with Crippen molar-refractivity contribution in [3.8, 4) is 0 Å². The van der Waals surface area contributed by atoms with Gasteiger partial charge in [-0.3, -0.25) is 4.79 Å². The van der Waals surface area contributed by atoms with Gasteiger partial charge in [-0.05, 0) is 30.5 Å². The molecule has 1 aliphatic rings. The van der Waals surface area contributed by atoms with Crippen LogP contribution in [-0.4, -0.2) is 5.91 Å². The Morgan fingerprint density at radius 3 is 2.69 bits per heavy atom. The fraction of sp³-hybridized carbons (Fsp3) is 0.200. The molecule has 67 valence electrons. The Kier molecular flexibility index (Phi) is 1.81. The van der Waals surface area contributed by atoms with Crippen LogP contribution in [0.3, 0.4) is 0 Å². The van der Waals surface area contributed by atoms with Crippen molar-refractivity contribution in [3.63, 3.8) is 0 Å². The summed E-state index contributed by atoms with van der Waals surface area (Å²) in [5.74, 6) is -0.297. The molecule has 1 aliphatic carbocycles. The quantitative estimate of drug-likeness (QED) is 0.765. The molecule has 1 aromatic rings. The molecule has 0 aliphatic heterocycles. The number of nitrogens with two attached hydrogens (primary N) is 1. The van der Waals surface area contributed by atoms with Crippen LogP contribution in [0.2, 0.25) is 5.02 Å². The van der Waals surface area contributed by atoms with Gasteiger partial charge in [0.15, 0.2) is 0 Å². The molecule has 0 bridgehead atoms. The second-order valence-corrected chi connectivity index (χ2v) is 3.69. The standard InChI is InChI=1S/C10H9ClNO/c11-8-3-1-2-7(6-8)10(4-5-10)9(12)13/h1-4,6H,5H2,(H2,12,13)/t10-/m1/s1. The molecule has 1 fully saturated rings. The predicted molar refractivity (Wildman–Crippen MR) is 51.2 cm³/mol. The zero-order chi connectivity index (χ0) is 9.47. The summed E-state index contributed by atoms with van der Waals surface area (Å²) in [6.07, 6.45) is 2.63. The van der Waals surface area contributed by atoms with Crippen LogP contribution in [0.15, 0.2) is 24.3 Å². The number of amides is 1. The van der Waals surface area contributed by atoms with E-state index in [2.05, 4.69) is 0 Å². The summed E-state index contributed by atoms with van der Waals surface area (Å²) in [5.41, 5.74) is 5.66. The summed E-state index contributed by atoms with van der Waals surface area (Å²) in [6.45, 7) is 0. The van der Waals surface area contributed by atoms with Gasteiger partial charge in [0, 0.05) is 5.02 Å². The molecule has 2 rings (SSSR count). The van der Waals surface area contributed by atoms with Crippen LogP contribution in [-0.2, 0) is 10.2 Å². The maximum atomic E-state index is 11.1. The topological polar surface area (TPSA) is 43.1 Å². The summed E-state index contributed by atoms with van der Waals surface area (Å²) >= 11 is 5.82. The largest absolute Gasteiger partial charge is 0.369 e. The van der Waals surface area contributed by atoms with Crippen molar-refractivity contribution < 1.29 is 4.79 Å². The lowest BCUT2D eigenvalue weighted by Crippen LogP contribution is -2.28. The minimum Gasteiger partial charge on any atom is -0.369 e. The highest BCUT2D eigenvalue weighted by Gasteiger charge is 2.50. The minimum absolute atomic E-state index is 0.297. The Morgan fingerprint density at radius 1 is 1.54 bits per heavy atom. The first kappa shape index (κ1) is 8.57. The Bertz CT molecular complexity index is 358. The SMILES string of the molecule is NC(=O)[C@]1(c2cccc(Cl)c2)[CH]C1. The molecule has 0 unspecified atom stereocenters. The van der Waals surface area contributed by atoms with E-state index in [1.165, 1.54) is 0 Å². The molecule has 1 amide bonds. The van der Waals surface area contributed by atoms with Gasteiger partial charge in [0.1, 0.15) is 0 Å². The van der Waals surface area contributed by atoms with Gasteiger partial charge in [-0.2, -0.15) is 0 Å². The van der Waals surface area contributed by atoms with Gasteiger partial charge in [0.05, 0.1) is 5.41 Å². The summed E-state index contributed by atoms with van der Waals surface area (Å²) in [7, 11) is 0. The third-order valence-corrected chi connectivity index (χ3v) is 2.63. The van der Waals surface area contributed by atoms with E-state index >= 15 is 0 Å². The molecule has 0 aromatic heterocycles. The number of rotatable bonds is 2. The predicted octanol–water partition coefficient (Wildman–Crippen LogP) is 1.67. The van der Waals surface area contributed by atoms with Crippen molar-refractivity contribution in [2.45, 2.75) is 11.8 Å². The molecule has 0 heterocycles. The van der Waals surface area contributed by atoms with Crippen molar-refractivity contribution in [2.24, 2.45) is 5.73 Å². The van der Waals surface area contributed by atoms with Gasteiger partial charge in [-0.1, -0.05) is 23.7 Å². The highest BCUT2D eigenvalue weighted by molar-refractivity contribution is 6.30. The molecular weight excluding hydrogens is 186 g/mol. The van der Waals surface area contributed by atoms with E-state index in [1.807, 2.05) is 18.6 Å². The summed E-state index contributed by atoms with van der Waals surface area (Å²) in [4.78, 5) is 11.1. The maximum Gasteiger partial charge on any atom is 0.228 e. The molecule has 1 aromatic carbocycles. The van der Waals surface area contributed by atoms with E-state index < -0.39 is 5.41 Å². The van der Waals surface area contributed by atoms with Crippen LogP contribution < -0.4 is 5.73 Å². The van der Waals surface area contributed by atoms with Crippen LogP contribution in [0.5, 0.6) is 0 Å². The number of carbonyl (C=O) groups is 1. The average Bonchev–Trinajstić information content (AvgIpc) is 2.83. The summed E-state index contributed by atoms with van der Waals surface area (Å²) < 4.78 is 0. The minimum atomic E-state index is -0.537. The summed E-state index contributed by atoms with van der Waals surface area (Å²) in [6, 6.07) is 7.27. The number of halogens is 1. The van der Waals surface area contributed by atoms with E-state index in [1.54, 1.807) is 12.1 Å². The van der Waals surface area contributed by atoms with Crippen LogP contribution in [0.1, 0.15) is 12.0 Å². The lowest BCUT2D eigenvalue weighted by molar-refractivity contribution is -0.120. The van der Waals surface area contributed by atoms with Gasteiger partial charge in [0.25, 0.3) is 0 Å². The fourth-order valence-corrected chi connectivity index (χ4v) is 1.64. The molecule has 2 nitrogen and oxygen atoms in total. The van der Waals surface area contributed by atoms with Gasteiger partial charge >= 0.3 is 0 Å². The van der Waals surface area contributed by atoms with Crippen LogP contribution in [0.25, 0.3) is 0 Å². The van der Waals surface area contributed by atoms with Crippen molar-refractivity contribution in [1.82, 2.24) is 0 Å². The van der Waals surface area contributed by atoms with E-state index in [-0.39, 0.29) is 5.91 Å². The molecule has 2 N–H and O–H groups in total. The molecule has 1 atom stereocenters. The highest BCUT2D eigenvalue weighted by atomic mass is 35.5. The Balaban J connectivity index is 2.41. The lowest BCUT2D eigenvalue weighted by atomic mass is 9.95. The Labute approximate surface area is 81.7 Å². The van der Waals surface area contributed by atoms with Crippen molar-refractivity contribution in [3.05, 3.63) is 41.3 Å². The average molecular weight is 195 g/mol. The molecule has 13 heavy (non-hydrogen) atoms. The van der Waals surface area contributed by atoms with Crippen LogP contribution >= 0.6 is 11.6 Å². The van der Waals surface area contributed by atoms with Crippen molar-refractivity contribution in [2.75, 3.05) is 0 Å². The number of hydrogen-bond donors (Lipinski definition) is 1. The van der Waals surface area contributed by atoms with Crippen molar-refractivity contribution in [1.29, 1.82) is 0 Å². The normalized spacial score (nSPS) is 18.2. The molecule has 1 saturated carbocycles. The van der Waals surface area contributed by atoms with Gasteiger partial charge in [-0.15, -0.1) is 0 Å². The monoisotopic (exact) mass is 194 g/mol.